The molecule has 2 aliphatic rings. The molecule has 10 heteroatoms. The molecule has 7 rings (SSSR count). The van der Waals surface area contributed by atoms with Crippen molar-refractivity contribution in [1.82, 2.24) is 19.4 Å². The largest absolute Gasteiger partial charge is 0.493 e. The van der Waals surface area contributed by atoms with Gasteiger partial charge in [0.05, 0.1) is 37.4 Å². The summed E-state index contributed by atoms with van der Waals surface area (Å²) in [4.78, 5) is 51.5. The van der Waals surface area contributed by atoms with E-state index in [1.807, 2.05) is 30.3 Å². The van der Waals surface area contributed by atoms with E-state index in [2.05, 4.69) is 14.9 Å². The van der Waals surface area contributed by atoms with Crippen LogP contribution in [0.2, 0.25) is 0 Å². The molecule has 3 aromatic heterocycles. The van der Waals surface area contributed by atoms with Crippen molar-refractivity contribution >= 4 is 22.5 Å². The van der Waals surface area contributed by atoms with Gasteiger partial charge in [-0.05, 0) is 87.7 Å². The number of ketones is 2. The molecule has 5 aromatic rings. The second kappa shape index (κ2) is 14.4. The summed E-state index contributed by atoms with van der Waals surface area (Å²) in [6.07, 6.45) is 8.25. The number of carbonyl (C=O) groups is 2. The predicted molar refractivity (Wildman–Crippen MR) is 186 cm³/mol. The normalized spacial score (nSPS) is 14.5. The SMILES string of the molecule is COc1cc2c(Oc3ccc(CC(=O)c4cc5c(n(-c6ccccc6)c4=O)CCCC5=O)nc3)ccnc2cc1OCCCN1CCCC1. The molecule has 49 heavy (non-hydrogen) atoms. The van der Waals surface area contributed by atoms with Crippen LogP contribution in [-0.4, -0.2) is 64.4 Å². The predicted octanol–water partition coefficient (Wildman–Crippen LogP) is 6.39. The monoisotopic (exact) mass is 658 g/mol. The zero-order valence-corrected chi connectivity index (χ0v) is 27.5. The molecule has 4 heterocycles. The zero-order valence-electron chi connectivity index (χ0n) is 27.5. The summed E-state index contributed by atoms with van der Waals surface area (Å²) in [5.74, 6) is 1.80. The van der Waals surface area contributed by atoms with E-state index in [0.29, 0.717) is 77.0 Å². The van der Waals surface area contributed by atoms with Crippen LogP contribution in [0, 0.1) is 0 Å². The first-order valence-corrected chi connectivity index (χ1v) is 16.8. The molecule has 0 spiro atoms. The van der Waals surface area contributed by atoms with Crippen molar-refractivity contribution in [2.45, 2.75) is 44.9 Å². The van der Waals surface area contributed by atoms with Crippen LogP contribution in [0.25, 0.3) is 16.6 Å². The van der Waals surface area contributed by atoms with Gasteiger partial charge >= 0.3 is 0 Å². The number of aromatic nitrogens is 3. The highest BCUT2D eigenvalue weighted by Crippen LogP contribution is 2.37. The quantitative estimate of drug-likeness (QED) is 0.111. The fraction of sp³-hybridized carbons (Fsp3) is 0.308. The molecule has 0 amide bonds. The van der Waals surface area contributed by atoms with E-state index >= 15 is 0 Å². The fourth-order valence-corrected chi connectivity index (χ4v) is 6.67. The Balaban J connectivity index is 1.07. The number of pyridine rings is 3. The Morgan fingerprint density at radius 3 is 2.49 bits per heavy atom. The van der Waals surface area contributed by atoms with Crippen LogP contribution < -0.4 is 19.8 Å². The average molecular weight is 659 g/mol. The highest BCUT2D eigenvalue weighted by atomic mass is 16.5. The van der Waals surface area contributed by atoms with Crippen molar-refractivity contribution < 1.29 is 23.8 Å². The first-order valence-electron chi connectivity index (χ1n) is 16.8. The van der Waals surface area contributed by atoms with Gasteiger partial charge in [0.25, 0.3) is 5.56 Å². The van der Waals surface area contributed by atoms with Gasteiger partial charge in [-0.25, -0.2) is 0 Å². The van der Waals surface area contributed by atoms with Gasteiger partial charge in [-0.15, -0.1) is 0 Å². The summed E-state index contributed by atoms with van der Waals surface area (Å²) in [5, 5.41) is 0.750. The molecule has 1 fully saturated rings. The van der Waals surface area contributed by atoms with Crippen LogP contribution in [0.5, 0.6) is 23.0 Å². The standard InChI is InChI=1S/C39H38N4O6/c1-47-37-23-29-32(24-38(37)48-20-8-19-42-17-5-6-18-42)40-16-15-36(29)49-28-14-13-26(41-25-28)21-35(45)31-22-30-33(11-7-12-34(30)44)43(39(31)46)27-9-3-2-4-10-27/h2-4,9-10,13-16,22-25H,5-8,11-12,17-21H2,1H3. The second-order valence-corrected chi connectivity index (χ2v) is 12.4. The number of nitrogens with zero attached hydrogens (tertiary/aromatic N) is 4. The summed E-state index contributed by atoms with van der Waals surface area (Å²) >= 11 is 0. The van der Waals surface area contributed by atoms with Crippen molar-refractivity contribution in [3.63, 3.8) is 0 Å². The number of benzene rings is 2. The Labute approximate surface area is 284 Å². The molecule has 0 N–H and O–H groups in total. The summed E-state index contributed by atoms with van der Waals surface area (Å²) in [7, 11) is 1.61. The number of para-hydroxylation sites is 1. The number of methoxy groups -OCH3 is 1. The smallest absolute Gasteiger partial charge is 0.266 e. The molecule has 0 unspecified atom stereocenters. The van der Waals surface area contributed by atoms with E-state index in [0.717, 1.165) is 31.4 Å². The van der Waals surface area contributed by atoms with Crippen molar-refractivity contribution in [2.24, 2.45) is 0 Å². The molecule has 10 nitrogen and oxygen atoms in total. The maximum absolute atomic E-state index is 13.7. The topological polar surface area (TPSA) is 113 Å². The Kier molecular flexibility index (Phi) is 9.47. The highest BCUT2D eigenvalue weighted by Gasteiger charge is 2.26. The molecule has 1 aliphatic heterocycles. The third-order valence-electron chi connectivity index (χ3n) is 9.16. The number of Topliss-reactive ketones (excluding diaryl/α,β-unsaturated/α-hetero) is 2. The van der Waals surface area contributed by atoms with Gasteiger partial charge in [-0.1, -0.05) is 18.2 Å². The molecule has 0 radical (unpaired) electrons. The lowest BCUT2D eigenvalue weighted by atomic mass is 9.91. The molecule has 2 aromatic carbocycles. The van der Waals surface area contributed by atoms with Crippen LogP contribution in [0.1, 0.15) is 64.2 Å². The van der Waals surface area contributed by atoms with E-state index in [1.165, 1.54) is 23.5 Å². The van der Waals surface area contributed by atoms with E-state index < -0.39 is 11.3 Å². The van der Waals surface area contributed by atoms with Gasteiger partial charge in [0.2, 0.25) is 0 Å². The number of rotatable bonds is 12. The lowest BCUT2D eigenvalue weighted by Crippen LogP contribution is -2.32. The van der Waals surface area contributed by atoms with Crippen molar-refractivity contribution in [3.8, 4) is 28.7 Å². The van der Waals surface area contributed by atoms with Gasteiger partial charge in [-0.3, -0.25) is 28.9 Å². The highest BCUT2D eigenvalue weighted by molar-refractivity contribution is 6.03. The number of likely N-dealkylation sites (tertiary alicyclic amines) is 1. The minimum atomic E-state index is -0.430. The zero-order chi connectivity index (χ0) is 33.7. The van der Waals surface area contributed by atoms with E-state index in [9.17, 15) is 14.4 Å². The van der Waals surface area contributed by atoms with Gasteiger partial charge in [0.1, 0.15) is 11.5 Å². The van der Waals surface area contributed by atoms with Gasteiger partial charge < -0.3 is 19.1 Å². The Morgan fingerprint density at radius 2 is 1.71 bits per heavy atom. The molecule has 0 bridgehead atoms. The summed E-state index contributed by atoms with van der Waals surface area (Å²) in [6.45, 7) is 3.94. The van der Waals surface area contributed by atoms with Crippen LogP contribution in [0.4, 0.5) is 0 Å². The third kappa shape index (κ3) is 6.96. The number of fused-ring (bicyclic) bond motifs is 2. The van der Waals surface area contributed by atoms with Crippen molar-refractivity contribution in [1.29, 1.82) is 0 Å². The minimum Gasteiger partial charge on any atom is -0.493 e. The summed E-state index contributed by atoms with van der Waals surface area (Å²) < 4.78 is 19.5. The average Bonchev–Trinajstić information content (AvgIpc) is 3.65. The maximum atomic E-state index is 13.7. The number of carbonyl (C=O) groups excluding carboxylic acids is 2. The van der Waals surface area contributed by atoms with Crippen LogP contribution in [0.15, 0.2) is 83.9 Å². The number of ether oxygens (including phenoxy) is 3. The Morgan fingerprint density at radius 1 is 0.878 bits per heavy atom. The number of hydrogen-bond donors (Lipinski definition) is 0. The first-order chi connectivity index (χ1) is 24.0. The van der Waals surface area contributed by atoms with E-state index in [1.54, 1.807) is 49.8 Å². The molecular formula is C39H38N4O6. The van der Waals surface area contributed by atoms with Gasteiger partial charge in [0, 0.05) is 53.3 Å². The Bertz CT molecular complexity index is 2050. The van der Waals surface area contributed by atoms with Gasteiger partial charge in [0.15, 0.2) is 23.1 Å². The maximum Gasteiger partial charge on any atom is 0.266 e. The summed E-state index contributed by atoms with van der Waals surface area (Å²) in [6, 6.07) is 19.5. The lowest BCUT2D eigenvalue weighted by Gasteiger charge is -2.21. The molecular weight excluding hydrogens is 620 g/mol. The van der Waals surface area contributed by atoms with E-state index in [4.69, 9.17) is 14.2 Å². The minimum absolute atomic E-state index is 0.0212. The Hall–Kier alpha value is -5.35. The van der Waals surface area contributed by atoms with E-state index in [-0.39, 0.29) is 17.8 Å². The third-order valence-corrected chi connectivity index (χ3v) is 9.16. The first kappa shape index (κ1) is 32.2. The number of hydrogen-bond acceptors (Lipinski definition) is 9. The summed E-state index contributed by atoms with van der Waals surface area (Å²) in [5.41, 5.74) is 2.44. The molecule has 0 atom stereocenters. The molecule has 1 saturated heterocycles. The van der Waals surface area contributed by atoms with Crippen LogP contribution >= 0.6 is 0 Å². The van der Waals surface area contributed by atoms with Crippen LogP contribution in [0.3, 0.4) is 0 Å². The molecule has 250 valence electrons. The molecule has 0 saturated carbocycles. The molecule has 1 aliphatic carbocycles. The fourth-order valence-electron chi connectivity index (χ4n) is 6.67. The van der Waals surface area contributed by atoms with Crippen molar-refractivity contribution in [2.75, 3.05) is 33.4 Å². The van der Waals surface area contributed by atoms with Crippen LogP contribution in [-0.2, 0) is 12.8 Å². The van der Waals surface area contributed by atoms with Gasteiger partial charge in [-0.2, -0.15) is 0 Å². The lowest BCUT2D eigenvalue weighted by molar-refractivity contribution is 0.0971. The second-order valence-electron chi connectivity index (χ2n) is 12.4. The van der Waals surface area contributed by atoms with Crippen molar-refractivity contribution in [3.05, 3.63) is 112 Å².